The molecule has 1 aliphatic rings. The number of aldehydes is 1. The lowest BCUT2D eigenvalue weighted by molar-refractivity contribution is -0.159. The van der Waals surface area contributed by atoms with Crippen molar-refractivity contribution in [2.75, 3.05) is 23.3 Å². The molecule has 4 aromatic rings. The maximum atomic E-state index is 12.6. The third-order valence-corrected chi connectivity index (χ3v) is 5.90. The quantitative estimate of drug-likeness (QED) is 0.437. The molecule has 0 aliphatic carbocycles. The Morgan fingerprint density at radius 1 is 1.18 bits per heavy atom. The number of aryl methyl sites for hydroxylation is 1. The molecule has 1 fully saturated rings. The summed E-state index contributed by atoms with van der Waals surface area (Å²) in [6, 6.07) is 6.29. The van der Waals surface area contributed by atoms with Gasteiger partial charge in [-0.15, -0.1) is 0 Å². The van der Waals surface area contributed by atoms with Crippen molar-refractivity contribution in [3.8, 4) is 11.4 Å². The summed E-state index contributed by atoms with van der Waals surface area (Å²) < 4.78 is 44.1. The lowest BCUT2D eigenvalue weighted by atomic mass is 10.0. The van der Waals surface area contributed by atoms with Crippen LogP contribution in [-0.2, 0) is 13.2 Å². The van der Waals surface area contributed by atoms with Crippen LogP contribution in [0.4, 0.5) is 24.8 Å². The van der Waals surface area contributed by atoms with Gasteiger partial charge < -0.3 is 19.3 Å². The molecule has 176 valence electrons. The molecule has 3 aromatic heterocycles. The minimum absolute atomic E-state index is 0.148. The number of aromatic nitrogens is 5. The number of carbonyl (C=O) groups excluding carboxylic acids is 1. The highest BCUT2D eigenvalue weighted by Crippen LogP contribution is 2.30. The third kappa shape index (κ3) is 4.18. The Morgan fingerprint density at radius 3 is 2.56 bits per heavy atom. The van der Waals surface area contributed by atoms with Crippen molar-refractivity contribution < 1.29 is 22.5 Å². The van der Waals surface area contributed by atoms with E-state index >= 15 is 0 Å². The van der Waals surface area contributed by atoms with Crippen molar-refractivity contribution in [2.24, 2.45) is 7.05 Å². The van der Waals surface area contributed by atoms with Gasteiger partial charge in [0, 0.05) is 66.9 Å². The van der Waals surface area contributed by atoms with Crippen molar-refractivity contribution in [1.29, 1.82) is 0 Å². The highest BCUT2D eigenvalue weighted by molar-refractivity contribution is 5.99. The van der Waals surface area contributed by atoms with E-state index < -0.39 is 12.1 Å². The van der Waals surface area contributed by atoms with Crippen LogP contribution in [0.1, 0.15) is 29.1 Å². The van der Waals surface area contributed by atoms with E-state index in [4.69, 9.17) is 0 Å². The van der Waals surface area contributed by atoms with Gasteiger partial charge in [-0.3, -0.25) is 4.79 Å². The highest BCUT2D eigenvalue weighted by Gasteiger charge is 2.38. The van der Waals surface area contributed by atoms with E-state index in [1.54, 1.807) is 0 Å². The van der Waals surface area contributed by atoms with Gasteiger partial charge in [0.15, 0.2) is 6.29 Å². The van der Waals surface area contributed by atoms with E-state index in [1.807, 2.05) is 23.9 Å². The van der Waals surface area contributed by atoms with Gasteiger partial charge in [0.1, 0.15) is 0 Å². The molecule has 5 rings (SSSR count). The number of carbonyl (C=O) groups is 1. The van der Waals surface area contributed by atoms with E-state index in [1.165, 1.54) is 12.4 Å². The SMILES string of the molecule is Cn1cc(C=O)c2cc(N3CCC(Nc4ncc(-c5noc(C(F)(F)F)n5)cn4)CC3)ccc21. The van der Waals surface area contributed by atoms with Gasteiger partial charge in [-0.1, -0.05) is 5.16 Å². The summed E-state index contributed by atoms with van der Waals surface area (Å²) in [6.45, 7) is 1.63. The topological polar surface area (TPSA) is 102 Å². The smallest absolute Gasteiger partial charge is 0.371 e. The second kappa shape index (κ2) is 8.43. The van der Waals surface area contributed by atoms with Crippen LogP contribution in [0.2, 0.25) is 0 Å². The molecule has 0 spiro atoms. The van der Waals surface area contributed by atoms with Crippen LogP contribution in [0.5, 0.6) is 0 Å². The second-order valence-corrected chi connectivity index (χ2v) is 8.14. The predicted octanol–water partition coefficient (Wildman–Crippen LogP) is 3.93. The first-order chi connectivity index (χ1) is 16.3. The van der Waals surface area contributed by atoms with Gasteiger partial charge in [0.05, 0.1) is 5.56 Å². The van der Waals surface area contributed by atoms with Crippen molar-refractivity contribution >= 4 is 28.8 Å². The number of alkyl halides is 3. The zero-order valence-electron chi connectivity index (χ0n) is 18.1. The van der Waals surface area contributed by atoms with Crippen LogP contribution in [-0.4, -0.2) is 50.1 Å². The number of benzene rings is 1. The second-order valence-electron chi connectivity index (χ2n) is 8.14. The number of anilines is 2. The van der Waals surface area contributed by atoms with Crippen LogP contribution < -0.4 is 10.2 Å². The normalized spacial score (nSPS) is 15.1. The summed E-state index contributed by atoms with van der Waals surface area (Å²) in [5.74, 6) is -1.26. The molecule has 9 nitrogen and oxygen atoms in total. The minimum atomic E-state index is -4.70. The fraction of sp³-hybridized carbons (Fsp3) is 0.318. The van der Waals surface area contributed by atoms with Gasteiger partial charge in [-0.05, 0) is 31.0 Å². The zero-order valence-corrected chi connectivity index (χ0v) is 18.1. The Kier molecular flexibility index (Phi) is 5.42. The summed E-state index contributed by atoms with van der Waals surface area (Å²) in [7, 11) is 1.92. The predicted molar refractivity (Wildman–Crippen MR) is 117 cm³/mol. The van der Waals surface area contributed by atoms with Crippen LogP contribution >= 0.6 is 0 Å². The molecular formula is C22H20F3N7O2. The Labute approximate surface area is 191 Å². The van der Waals surface area contributed by atoms with Crippen LogP contribution in [0.15, 0.2) is 41.3 Å². The first kappa shape index (κ1) is 21.9. The molecule has 0 atom stereocenters. The monoisotopic (exact) mass is 471 g/mol. The van der Waals surface area contributed by atoms with Crippen LogP contribution in [0.25, 0.3) is 22.3 Å². The van der Waals surface area contributed by atoms with Gasteiger partial charge >= 0.3 is 12.1 Å². The lowest BCUT2D eigenvalue weighted by Gasteiger charge is -2.34. The summed E-state index contributed by atoms with van der Waals surface area (Å²) >= 11 is 0. The van der Waals surface area contributed by atoms with Gasteiger partial charge in [-0.2, -0.15) is 18.2 Å². The number of fused-ring (bicyclic) bond motifs is 1. The molecule has 34 heavy (non-hydrogen) atoms. The Morgan fingerprint density at radius 2 is 1.91 bits per heavy atom. The molecule has 0 amide bonds. The lowest BCUT2D eigenvalue weighted by Crippen LogP contribution is -2.39. The molecule has 0 saturated carbocycles. The van der Waals surface area contributed by atoms with Crippen molar-refractivity contribution in [1.82, 2.24) is 24.7 Å². The first-order valence-electron chi connectivity index (χ1n) is 10.6. The van der Waals surface area contributed by atoms with E-state index in [0.717, 1.165) is 48.8 Å². The summed E-state index contributed by atoms with van der Waals surface area (Å²) in [5.41, 5.74) is 2.98. The van der Waals surface area contributed by atoms with Gasteiger partial charge in [-0.25, -0.2) is 9.97 Å². The Balaban J connectivity index is 1.21. The first-order valence-corrected chi connectivity index (χ1v) is 10.6. The molecule has 12 heteroatoms. The van der Waals surface area contributed by atoms with E-state index in [-0.39, 0.29) is 17.4 Å². The number of rotatable bonds is 5. The summed E-state index contributed by atoms with van der Waals surface area (Å²) in [5, 5.41) is 7.54. The summed E-state index contributed by atoms with van der Waals surface area (Å²) in [6.07, 6.45) is 2.41. The average molecular weight is 471 g/mol. The van der Waals surface area contributed by atoms with Crippen molar-refractivity contribution in [3.05, 3.63) is 48.2 Å². The van der Waals surface area contributed by atoms with E-state index in [0.29, 0.717) is 11.5 Å². The number of hydrogen-bond acceptors (Lipinski definition) is 8. The summed E-state index contributed by atoms with van der Waals surface area (Å²) in [4.78, 5) is 25.3. The molecule has 0 radical (unpaired) electrons. The fourth-order valence-electron chi connectivity index (χ4n) is 4.14. The van der Waals surface area contributed by atoms with Gasteiger partial charge in [0.25, 0.3) is 0 Å². The number of nitrogens with one attached hydrogen (secondary N) is 1. The average Bonchev–Trinajstić information content (AvgIpc) is 3.45. The standard InChI is InChI=1S/C22H20F3N7O2/c1-31-11-14(12-33)17-8-16(2-3-18(17)31)32-6-4-15(5-7-32)28-21-26-9-13(10-27-21)19-29-20(34-30-19)22(23,24)25/h2-3,8-12,15H,4-7H2,1H3,(H,26,27,28). The Bertz CT molecular complexity index is 1320. The number of nitrogens with zero attached hydrogens (tertiary/aromatic N) is 6. The van der Waals surface area contributed by atoms with E-state index in [2.05, 4.69) is 47.0 Å². The van der Waals surface area contributed by atoms with Crippen molar-refractivity contribution in [3.63, 3.8) is 0 Å². The van der Waals surface area contributed by atoms with E-state index in [9.17, 15) is 18.0 Å². The molecule has 0 bridgehead atoms. The third-order valence-electron chi connectivity index (χ3n) is 5.90. The van der Waals surface area contributed by atoms with Crippen molar-refractivity contribution in [2.45, 2.75) is 25.1 Å². The largest absolute Gasteiger partial charge is 0.471 e. The Hall–Kier alpha value is -3.96. The molecule has 1 N–H and O–H groups in total. The maximum Gasteiger partial charge on any atom is 0.471 e. The molecule has 4 heterocycles. The minimum Gasteiger partial charge on any atom is -0.371 e. The molecule has 1 aliphatic heterocycles. The number of halogens is 3. The van der Waals surface area contributed by atoms with Crippen LogP contribution in [0, 0.1) is 0 Å². The molecular weight excluding hydrogens is 451 g/mol. The zero-order chi connectivity index (χ0) is 23.9. The van der Waals surface area contributed by atoms with Crippen LogP contribution in [0.3, 0.4) is 0 Å². The highest BCUT2D eigenvalue weighted by atomic mass is 19.4. The molecule has 0 unspecified atom stereocenters. The van der Waals surface area contributed by atoms with Gasteiger partial charge in [0.2, 0.25) is 11.8 Å². The molecule has 1 saturated heterocycles. The molecule has 1 aromatic carbocycles. The number of piperidine rings is 1. The number of hydrogen-bond donors (Lipinski definition) is 1. The maximum absolute atomic E-state index is 12.6. The fourth-order valence-corrected chi connectivity index (χ4v) is 4.14.